The summed E-state index contributed by atoms with van der Waals surface area (Å²) in [6, 6.07) is 7.04. The SMILES string of the molecule is Cc1ccc(Oc2ncccc2/C=C/C(=O)O)cn1. The van der Waals surface area contributed by atoms with Gasteiger partial charge in [-0.2, -0.15) is 0 Å². The lowest BCUT2D eigenvalue weighted by atomic mass is 10.2. The summed E-state index contributed by atoms with van der Waals surface area (Å²) in [5.74, 6) is -0.133. The maximum Gasteiger partial charge on any atom is 0.328 e. The molecule has 2 rings (SSSR count). The minimum atomic E-state index is -1.02. The smallest absolute Gasteiger partial charge is 0.328 e. The van der Waals surface area contributed by atoms with Crippen molar-refractivity contribution in [2.45, 2.75) is 6.92 Å². The van der Waals surface area contributed by atoms with Crippen LogP contribution in [0.25, 0.3) is 6.08 Å². The van der Waals surface area contributed by atoms with Crippen LogP contribution in [-0.4, -0.2) is 21.0 Å². The van der Waals surface area contributed by atoms with E-state index in [0.717, 1.165) is 11.8 Å². The first-order chi connectivity index (χ1) is 9.15. The summed E-state index contributed by atoms with van der Waals surface area (Å²) in [7, 11) is 0. The zero-order valence-corrected chi connectivity index (χ0v) is 10.3. The molecule has 0 saturated heterocycles. The number of aromatic nitrogens is 2. The quantitative estimate of drug-likeness (QED) is 0.851. The topological polar surface area (TPSA) is 72.3 Å². The second-order valence-corrected chi connectivity index (χ2v) is 3.81. The fourth-order valence-corrected chi connectivity index (χ4v) is 1.40. The molecule has 0 aliphatic carbocycles. The highest BCUT2D eigenvalue weighted by atomic mass is 16.5. The maximum atomic E-state index is 10.5. The van der Waals surface area contributed by atoms with Crippen molar-refractivity contribution in [3.8, 4) is 11.6 Å². The molecule has 0 fully saturated rings. The van der Waals surface area contributed by atoms with Crippen LogP contribution in [0.1, 0.15) is 11.3 Å². The Bertz CT molecular complexity index is 606. The van der Waals surface area contributed by atoms with E-state index in [1.54, 1.807) is 30.6 Å². The third kappa shape index (κ3) is 3.64. The molecule has 19 heavy (non-hydrogen) atoms. The molecule has 0 amide bonds. The number of carboxylic acid groups (broad SMARTS) is 1. The standard InChI is InChI=1S/C14H12N2O3/c1-10-4-6-12(9-16-10)19-14-11(3-2-8-15-14)5-7-13(17)18/h2-9H,1H3,(H,17,18)/b7-5+. The Morgan fingerprint density at radius 3 is 2.84 bits per heavy atom. The van der Waals surface area contributed by atoms with Gasteiger partial charge in [0.1, 0.15) is 5.75 Å². The summed E-state index contributed by atoms with van der Waals surface area (Å²) >= 11 is 0. The second-order valence-electron chi connectivity index (χ2n) is 3.81. The van der Waals surface area contributed by atoms with E-state index < -0.39 is 5.97 Å². The summed E-state index contributed by atoms with van der Waals surface area (Å²) in [5, 5.41) is 8.63. The molecule has 5 heteroatoms. The highest BCUT2D eigenvalue weighted by Crippen LogP contribution is 2.23. The average molecular weight is 256 g/mol. The lowest BCUT2D eigenvalue weighted by Crippen LogP contribution is -1.93. The predicted molar refractivity (Wildman–Crippen MR) is 70.0 cm³/mol. The van der Waals surface area contributed by atoms with Crippen LogP contribution >= 0.6 is 0 Å². The molecule has 2 aromatic heterocycles. The minimum Gasteiger partial charge on any atom is -0.478 e. The van der Waals surface area contributed by atoms with Gasteiger partial charge in [-0.05, 0) is 37.3 Å². The number of carbonyl (C=O) groups is 1. The number of rotatable bonds is 4. The van der Waals surface area contributed by atoms with E-state index in [1.807, 2.05) is 13.0 Å². The van der Waals surface area contributed by atoms with Gasteiger partial charge in [0.2, 0.25) is 5.88 Å². The summed E-state index contributed by atoms with van der Waals surface area (Å²) in [6.07, 6.45) is 5.65. The Balaban J connectivity index is 2.24. The van der Waals surface area contributed by atoms with Crippen molar-refractivity contribution in [1.82, 2.24) is 9.97 Å². The second kappa shape index (κ2) is 5.77. The molecule has 0 spiro atoms. The van der Waals surface area contributed by atoms with Gasteiger partial charge in [-0.1, -0.05) is 0 Å². The molecule has 2 heterocycles. The van der Waals surface area contributed by atoms with E-state index in [9.17, 15) is 4.79 Å². The summed E-state index contributed by atoms with van der Waals surface area (Å²) in [4.78, 5) is 18.7. The molecular weight excluding hydrogens is 244 g/mol. The molecule has 5 nitrogen and oxygen atoms in total. The number of hydrogen-bond acceptors (Lipinski definition) is 4. The zero-order chi connectivity index (χ0) is 13.7. The van der Waals surface area contributed by atoms with Crippen molar-refractivity contribution >= 4 is 12.0 Å². The van der Waals surface area contributed by atoms with Crippen molar-refractivity contribution in [3.05, 3.63) is 54.0 Å². The van der Waals surface area contributed by atoms with E-state index in [0.29, 0.717) is 17.2 Å². The van der Waals surface area contributed by atoms with E-state index in [4.69, 9.17) is 9.84 Å². The molecule has 0 bridgehead atoms. The van der Waals surface area contributed by atoms with Crippen LogP contribution in [0.3, 0.4) is 0 Å². The van der Waals surface area contributed by atoms with Crippen molar-refractivity contribution in [2.75, 3.05) is 0 Å². The van der Waals surface area contributed by atoms with Crippen molar-refractivity contribution in [2.24, 2.45) is 0 Å². The molecule has 2 aromatic rings. The first-order valence-corrected chi connectivity index (χ1v) is 5.61. The Morgan fingerprint density at radius 2 is 2.16 bits per heavy atom. The Kier molecular flexibility index (Phi) is 3.87. The molecule has 0 aromatic carbocycles. The lowest BCUT2D eigenvalue weighted by Gasteiger charge is -2.06. The van der Waals surface area contributed by atoms with E-state index in [2.05, 4.69) is 9.97 Å². The number of aliphatic carboxylic acids is 1. The number of carboxylic acids is 1. The van der Waals surface area contributed by atoms with Crippen LogP contribution in [0.4, 0.5) is 0 Å². The molecule has 96 valence electrons. The van der Waals surface area contributed by atoms with Gasteiger partial charge >= 0.3 is 5.97 Å². The van der Waals surface area contributed by atoms with Crippen molar-refractivity contribution in [1.29, 1.82) is 0 Å². The zero-order valence-electron chi connectivity index (χ0n) is 10.3. The normalized spacial score (nSPS) is 10.6. The molecule has 0 radical (unpaired) electrons. The number of aryl methyl sites for hydroxylation is 1. The van der Waals surface area contributed by atoms with Crippen LogP contribution in [-0.2, 0) is 4.79 Å². The van der Waals surface area contributed by atoms with Gasteiger partial charge in [0.05, 0.1) is 6.20 Å². The van der Waals surface area contributed by atoms with Gasteiger partial charge < -0.3 is 9.84 Å². The molecule has 0 saturated carbocycles. The number of ether oxygens (including phenoxy) is 1. The number of hydrogen-bond donors (Lipinski definition) is 1. The molecular formula is C14H12N2O3. The molecule has 0 atom stereocenters. The van der Waals surface area contributed by atoms with Crippen LogP contribution in [0.5, 0.6) is 11.6 Å². The van der Waals surface area contributed by atoms with Gasteiger partial charge in [0, 0.05) is 23.5 Å². The van der Waals surface area contributed by atoms with E-state index in [-0.39, 0.29) is 0 Å². The first kappa shape index (κ1) is 12.8. The largest absolute Gasteiger partial charge is 0.478 e. The van der Waals surface area contributed by atoms with Crippen molar-refractivity contribution in [3.63, 3.8) is 0 Å². The maximum absolute atomic E-state index is 10.5. The Hall–Kier alpha value is -2.69. The summed E-state index contributed by atoms with van der Waals surface area (Å²) < 4.78 is 5.58. The van der Waals surface area contributed by atoms with Crippen LogP contribution in [0.15, 0.2) is 42.7 Å². The minimum absolute atomic E-state index is 0.339. The Labute approximate surface area is 110 Å². The van der Waals surface area contributed by atoms with Crippen LogP contribution in [0.2, 0.25) is 0 Å². The third-order valence-corrected chi connectivity index (χ3v) is 2.30. The summed E-state index contributed by atoms with van der Waals surface area (Å²) in [5.41, 5.74) is 1.48. The monoisotopic (exact) mass is 256 g/mol. The lowest BCUT2D eigenvalue weighted by molar-refractivity contribution is -0.131. The molecule has 1 N–H and O–H groups in total. The van der Waals surface area contributed by atoms with Crippen LogP contribution in [0, 0.1) is 6.92 Å². The predicted octanol–water partition coefficient (Wildman–Crippen LogP) is 2.68. The molecule has 0 aliphatic heterocycles. The highest BCUT2D eigenvalue weighted by molar-refractivity contribution is 5.85. The highest BCUT2D eigenvalue weighted by Gasteiger charge is 2.04. The van der Waals surface area contributed by atoms with Crippen LogP contribution < -0.4 is 4.74 Å². The van der Waals surface area contributed by atoms with Gasteiger partial charge in [-0.25, -0.2) is 9.78 Å². The first-order valence-electron chi connectivity index (χ1n) is 5.61. The fourth-order valence-electron chi connectivity index (χ4n) is 1.40. The van der Waals surface area contributed by atoms with Gasteiger partial charge in [-0.15, -0.1) is 0 Å². The van der Waals surface area contributed by atoms with Gasteiger partial charge in [0.15, 0.2) is 0 Å². The third-order valence-electron chi connectivity index (χ3n) is 2.30. The van der Waals surface area contributed by atoms with Crippen molar-refractivity contribution < 1.29 is 14.6 Å². The summed E-state index contributed by atoms with van der Waals surface area (Å²) in [6.45, 7) is 1.88. The van der Waals surface area contributed by atoms with E-state index >= 15 is 0 Å². The molecule has 0 aliphatic rings. The fraction of sp³-hybridized carbons (Fsp3) is 0.0714. The van der Waals surface area contributed by atoms with E-state index in [1.165, 1.54) is 6.08 Å². The Morgan fingerprint density at radius 1 is 1.32 bits per heavy atom. The number of pyridine rings is 2. The number of nitrogens with zero attached hydrogens (tertiary/aromatic N) is 2. The van der Waals surface area contributed by atoms with Gasteiger partial charge in [-0.3, -0.25) is 4.98 Å². The van der Waals surface area contributed by atoms with Gasteiger partial charge in [0.25, 0.3) is 0 Å². The molecule has 0 unspecified atom stereocenters. The average Bonchev–Trinajstić information content (AvgIpc) is 2.40.